The standard InChI is InChI=1S/C18H17F2N5O2/c19-16(20)14-9-23-18(24-13(7-21)8-22-12-5-6-12)25-15(14)10-1-3-11(4-2-10)17(26)27/h1-4,7-9,12,16H,5-6,21H2,(H,26,27)(H,23,24,25). The maximum atomic E-state index is 13.4. The summed E-state index contributed by atoms with van der Waals surface area (Å²) in [5, 5.41) is 11.8. The molecule has 2 aromatic rings. The second-order valence-electron chi connectivity index (χ2n) is 5.94. The van der Waals surface area contributed by atoms with Crippen LogP contribution in [-0.4, -0.2) is 33.3 Å². The molecule has 0 amide bonds. The average molecular weight is 373 g/mol. The number of hydrogen-bond acceptors (Lipinski definition) is 6. The molecule has 1 aromatic carbocycles. The molecule has 0 unspecified atom stereocenters. The molecule has 3 rings (SSSR count). The van der Waals surface area contributed by atoms with Crippen LogP contribution in [0.4, 0.5) is 14.7 Å². The summed E-state index contributed by atoms with van der Waals surface area (Å²) in [7, 11) is 0. The maximum absolute atomic E-state index is 13.4. The van der Waals surface area contributed by atoms with Crippen molar-refractivity contribution in [1.29, 1.82) is 0 Å². The molecule has 1 fully saturated rings. The van der Waals surface area contributed by atoms with Gasteiger partial charge in [0.15, 0.2) is 0 Å². The van der Waals surface area contributed by atoms with Crippen LogP contribution in [0.5, 0.6) is 0 Å². The highest BCUT2D eigenvalue weighted by Gasteiger charge is 2.20. The van der Waals surface area contributed by atoms with Crippen molar-refractivity contribution in [2.45, 2.75) is 25.3 Å². The van der Waals surface area contributed by atoms with E-state index in [4.69, 9.17) is 10.8 Å². The van der Waals surface area contributed by atoms with E-state index in [-0.39, 0.29) is 22.8 Å². The van der Waals surface area contributed by atoms with Crippen LogP contribution in [0.15, 0.2) is 47.4 Å². The molecule has 9 heteroatoms. The van der Waals surface area contributed by atoms with E-state index in [2.05, 4.69) is 20.3 Å². The number of alkyl halides is 2. The number of nitrogens with zero attached hydrogens (tertiary/aromatic N) is 3. The molecule has 0 spiro atoms. The Morgan fingerprint density at radius 1 is 1.33 bits per heavy atom. The average Bonchev–Trinajstić information content (AvgIpc) is 3.49. The lowest BCUT2D eigenvalue weighted by Crippen LogP contribution is -2.09. The molecule has 1 saturated carbocycles. The molecule has 0 aliphatic heterocycles. The third kappa shape index (κ3) is 4.63. The number of benzene rings is 1. The van der Waals surface area contributed by atoms with E-state index in [0.29, 0.717) is 17.3 Å². The van der Waals surface area contributed by atoms with Crippen LogP contribution in [0.2, 0.25) is 0 Å². The highest BCUT2D eigenvalue weighted by Crippen LogP contribution is 2.30. The fourth-order valence-corrected chi connectivity index (χ4v) is 2.27. The topological polar surface area (TPSA) is 113 Å². The molecule has 1 heterocycles. The Balaban J connectivity index is 1.91. The number of nitrogens with two attached hydrogens (primary N) is 1. The van der Waals surface area contributed by atoms with E-state index in [1.165, 1.54) is 30.5 Å². The molecule has 0 bridgehead atoms. The van der Waals surface area contributed by atoms with E-state index in [0.717, 1.165) is 19.0 Å². The summed E-state index contributed by atoms with van der Waals surface area (Å²) in [4.78, 5) is 23.3. The first kappa shape index (κ1) is 18.4. The predicted octanol–water partition coefficient (Wildman–Crippen LogP) is 3.22. The zero-order chi connectivity index (χ0) is 19.4. The van der Waals surface area contributed by atoms with Gasteiger partial charge in [-0.1, -0.05) is 12.1 Å². The molecule has 4 N–H and O–H groups in total. The highest BCUT2D eigenvalue weighted by molar-refractivity contribution is 5.88. The smallest absolute Gasteiger partial charge is 0.335 e. The molecule has 0 atom stereocenters. The van der Waals surface area contributed by atoms with Crippen molar-refractivity contribution in [2.75, 3.05) is 5.32 Å². The van der Waals surface area contributed by atoms with E-state index < -0.39 is 12.4 Å². The number of anilines is 1. The Kier molecular flexibility index (Phi) is 5.39. The second-order valence-corrected chi connectivity index (χ2v) is 5.94. The predicted molar refractivity (Wildman–Crippen MR) is 96.8 cm³/mol. The Bertz CT molecular complexity index is 893. The van der Waals surface area contributed by atoms with Crippen LogP contribution in [0.3, 0.4) is 0 Å². The van der Waals surface area contributed by atoms with Crippen molar-refractivity contribution in [3.63, 3.8) is 0 Å². The van der Waals surface area contributed by atoms with Crippen molar-refractivity contribution < 1.29 is 18.7 Å². The van der Waals surface area contributed by atoms with Gasteiger partial charge in [-0.05, 0) is 25.0 Å². The van der Waals surface area contributed by atoms with Gasteiger partial charge in [0.1, 0.15) is 0 Å². The molecule has 1 aromatic heterocycles. The van der Waals surface area contributed by atoms with Gasteiger partial charge in [0.2, 0.25) is 5.95 Å². The fourth-order valence-electron chi connectivity index (χ4n) is 2.27. The van der Waals surface area contributed by atoms with Gasteiger partial charge in [-0.15, -0.1) is 0 Å². The number of carbonyl (C=O) groups is 1. The minimum atomic E-state index is -2.78. The summed E-state index contributed by atoms with van der Waals surface area (Å²) in [5.74, 6) is -1.02. The number of nitrogens with one attached hydrogen (secondary N) is 1. The number of carboxylic acid groups (broad SMARTS) is 1. The molecule has 1 aliphatic carbocycles. The number of aliphatic imine (C=N–C) groups is 1. The number of carboxylic acids is 1. The van der Waals surface area contributed by atoms with Crippen LogP contribution in [-0.2, 0) is 0 Å². The monoisotopic (exact) mass is 373 g/mol. The van der Waals surface area contributed by atoms with E-state index >= 15 is 0 Å². The van der Waals surface area contributed by atoms with Gasteiger partial charge < -0.3 is 16.2 Å². The van der Waals surface area contributed by atoms with Gasteiger partial charge >= 0.3 is 5.97 Å². The molecule has 7 nitrogen and oxygen atoms in total. The van der Waals surface area contributed by atoms with Gasteiger partial charge in [0.05, 0.1) is 28.6 Å². The van der Waals surface area contributed by atoms with Gasteiger partial charge in [0, 0.05) is 24.2 Å². The van der Waals surface area contributed by atoms with Crippen molar-refractivity contribution in [2.24, 2.45) is 10.7 Å². The quantitative estimate of drug-likeness (QED) is 0.642. The van der Waals surface area contributed by atoms with Crippen LogP contribution in [0, 0.1) is 0 Å². The van der Waals surface area contributed by atoms with Crippen molar-refractivity contribution in [3.8, 4) is 11.3 Å². The van der Waals surface area contributed by atoms with Crippen molar-refractivity contribution in [3.05, 3.63) is 53.5 Å². The molecular formula is C18H17F2N5O2. The lowest BCUT2D eigenvalue weighted by Gasteiger charge is -2.11. The summed E-state index contributed by atoms with van der Waals surface area (Å²) < 4.78 is 26.7. The SMILES string of the molecule is NC=C(C=NC1CC1)Nc1ncc(C(F)F)c(-c2ccc(C(=O)O)cc2)n1. The zero-order valence-corrected chi connectivity index (χ0v) is 14.1. The van der Waals surface area contributed by atoms with Crippen LogP contribution in [0.1, 0.15) is 35.2 Å². The number of halogens is 2. The highest BCUT2D eigenvalue weighted by atomic mass is 19.3. The fraction of sp³-hybridized carbons (Fsp3) is 0.222. The molecule has 140 valence electrons. The lowest BCUT2D eigenvalue weighted by atomic mass is 10.1. The number of aromatic nitrogens is 2. The summed E-state index contributed by atoms with van der Waals surface area (Å²) in [5.41, 5.74) is 6.05. The number of rotatable bonds is 7. The van der Waals surface area contributed by atoms with Crippen LogP contribution in [0.25, 0.3) is 11.3 Å². The van der Waals surface area contributed by atoms with Crippen LogP contribution >= 0.6 is 0 Å². The van der Waals surface area contributed by atoms with Crippen molar-refractivity contribution >= 4 is 18.1 Å². The van der Waals surface area contributed by atoms with Crippen LogP contribution < -0.4 is 11.1 Å². The zero-order valence-electron chi connectivity index (χ0n) is 14.1. The summed E-state index contributed by atoms with van der Waals surface area (Å²) >= 11 is 0. The number of aromatic carboxylic acids is 1. The molecule has 0 saturated heterocycles. The Morgan fingerprint density at radius 2 is 2.04 bits per heavy atom. The third-order valence-corrected chi connectivity index (χ3v) is 3.86. The van der Waals surface area contributed by atoms with Gasteiger partial charge in [-0.2, -0.15) is 0 Å². The first-order chi connectivity index (χ1) is 13.0. The minimum Gasteiger partial charge on any atom is -0.478 e. The molecule has 0 radical (unpaired) electrons. The first-order valence-corrected chi connectivity index (χ1v) is 8.19. The summed E-state index contributed by atoms with van der Waals surface area (Å²) in [6.45, 7) is 0. The summed E-state index contributed by atoms with van der Waals surface area (Å²) in [6, 6.07) is 5.81. The van der Waals surface area contributed by atoms with E-state index in [1.807, 2.05) is 0 Å². The number of hydrogen-bond donors (Lipinski definition) is 3. The largest absolute Gasteiger partial charge is 0.478 e. The molecule has 1 aliphatic rings. The normalized spacial score (nSPS) is 14.7. The first-order valence-electron chi connectivity index (χ1n) is 8.19. The third-order valence-electron chi connectivity index (χ3n) is 3.86. The maximum Gasteiger partial charge on any atom is 0.335 e. The van der Waals surface area contributed by atoms with E-state index in [9.17, 15) is 13.6 Å². The lowest BCUT2D eigenvalue weighted by molar-refractivity contribution is 0.0697. The minimum absolute atomic E-state index is 0.00921. The molecule has 27 heavy (non-hydrogen) atoms. The number of allylic oxidation sites excluding steroid dienone is 1. The molecular weight excluding hydrogens is 356 g/mol. The Hall–Kier alpha value is -3.36. The van der Waals surface area contributed by atoms with E-state index in [1.54, 1.807) is 6.21 Å². The van der Waals surface area contributed by atoms with Gasteiger partial charge in [-0.3, -0.25) is 4.99 Å². The van der Waals surface area contributed by atoms with Gasteiger partial charge in [-0.25, -0.2) is 23.5 Å². The summed E-state index contributed by atoms with van der Waals surface area (Å²) in [6.07, 6.45) is 3.16. The Labute approximate surface area is 153 Å². The van der Waals surface area contributed by atoms with Gasteiger partial charge in [0.25, 0.3) is 6.43 Å². The second kappa shape index (κ2) is 7.90. The Morgan fingerprint density at radius 3 is 2.59 bits per heavy atom. The van der Waals surface area contributed by atoms with Crippen molar-refractivity contribution in [1.82, 2.24) is 9.97 Å².